The van der Waals surface area contributed by atoms with Gasteiger partial charge in [-0.1, -0.05) is 42.5 Å². The number of rotatable bonds is 4. The molecule has 0 fully saturated rings. The van der Waals surface area contributed by atoms with E-state index >= 15 is 0 Å². The minimum Gasteiger partial charge on any atom is -0.452 e. The number of benzene rings is 1. The summed E-state index contributed by atoms with van der Waals surface area (Å²) in [6.45, 7) is 6.11. The summed E-state index contributed by atoms with van der Waals surface area (Å²) in [6, 6.07) is 9.74. The summed E-state index contributed by atoms with van der Waals surface area (Å²) in [7, 11) is 1.37. The number of allylic oxidation sites excluding steroid dienone is 2. The molecule has 0 unspecified atom stereocenters. The zero-order valence-corrected chi connectivity index (χ0v) is 10.2. The molecule has 90 valence electrons. The molecular formula is C14H17NO2. The molecule has 0 aliphatic heterocycles. The SMILES string of the molecule is C=C(C)/C=C/N(Cc1ccccc1)C(=O)OC. The number of nitrogens with zero attached hydrogens (tertiary/aromatic N) is 1. The first-order valence-corrected chi connectivity index (χ1v) is 5.35. The molecule has 0 radical (unpaired) electrons. The fourth-order valence-corrected chi connectivity index (χ4v) is 1.29. The molecule has 0 aliphatic rings. The fraction of sp³-hybridized carbons (Fsp3) is 0.214. The highest BCUT2D eigenvalue weighted by atomic mass is 16.5. The Hall–Kier alpha value is -2.03. The van der Waals surface area contributed by atoms with Gasteiger partial charge < -0.3 is 4.74 Å². The van der Waals surface area contributed by atoms with Crippen molar-refractivity contribution in [2.24, 2.45) is 0 Å². The molecule has 1 amide bonds. The van der Waals surface area contributed by atoms with Gasteiger partial charge in [0.15, 0.2) is 0 Å². The molecule has 0 spiro atoms. The van der Waals surface area contributed by atoms with Crippen LogP contribution in [0, 0.1) is 0 Å². The average Bonchev–Trinajstić information content (AvgIpc) is 2.34. The second-order valence-corrected chi connectivity index (χ2v) is 3.75. The van der Waals surface area contributed by atoms with Crippen LogP contribution < -0.4 is 0 Å². The second-order valence-electron chi connectivity index (χ2n) is 3.75. The molecule has 0 heterocycles. The van der Waals surface area contributed by atoms with E-state index < -0.39 is 0 Å². The zero-order valence-electron chi connectivity index (χ0n) is 10.2. The highest BCUT2D eigenvalue weighted by molar-refractivity contribution is 5.68. The van der Waals surface area contributed by atoms with E-state index in [1.165, 1.54) is 12.0 Å². The van der Waals surface area contributed by atoms with Crippen LogP contribution in [0.5, 0.6) is 0 Å². The predicted molar refractivity (Wildman–Crippen MR) is 68.3 cm³/mol. The minimum absolute atomic E-state index is 0.383. The van der Waals surface area contributed by atoms with E-state index in [1.807, 2.05) is 37.3 Å². The molecule has 3 nitrogen and oxygen atoms in total. The molecule has 1 aromatic rings. The van der Waals surface area contributed by atoms with Crippen molar-refractivity contribution >= 4 is 6.09 Å². The molecule has 0 aromatic heterocycles. The van der Waals surface area contributed by atoms with Crippen molar-refractivity contribution in [3.05, 3.63) is 60.3 Å². The van der Waals surface area contributed by atoms with Gasteiger partial charge in [0.05, 0.1) is 13.7 Å². The third-order valence-electron chi connectivity index (χ3n) is 2.14. The van der Waals surface area contributed by atoms with Crippen molar-refractivity contribution < 1.29 is 9.53 Å². The van der Waals surface area contributed by atoms with Gasteiger partial charge in [-0.15, -0.1) is 0 Å². The molecule has 0 saturated heterocycles. The normalized spacial score (nSPS) is 10.2. The van der Waals surface area contributed by atoms with Crippen LogP contribution in [-0.4, -0.2) is 18.1 Å². The number of hydrogen-bond acceptors (Lipinski definition) is 2. The van der Waals surface area contributed by atoms with Crippen LogP contribution >= 0.6 is 0 Å². The van der Waals surface area contributed by atoms with Crippen LogP contribution in [0.25, 0.3) is 0 Å². The lowest BCUT2D eigenvalue weighted by Gasteiger charge is -2.16. The first kappa shape index (κ1) is 13.0. The Labute approximate surface area is 102 Å². The van der Waals surface area contributed by atoms with Crippen molar-refractivity contribution in [3.8, 4) is 0 Å². The number of methoxy groups -OCH3 is 1. The molecule has 17 heavy (non-hydrogen) atoms. The van der Waals surface area contributed by atoms with Crippen molar-refractivity contribution in [1.82, 2.24) is 4.90 Å². The summed E-state index contributed by atoms with van der Waals surface area (Å²) >= 11 is 0. The molecule has 0 atom stereocenters. The number of hydrogen-bond donors (Lipinski definition) is 0. The lowest BCUT2D eigenvalue weighted by Crippen LogP contribution is -2.24. The van der Waals surface area contributed by atoms with Crippen molar-refractivity contribution in [1.29, 1.82) is 0 Å². The zero-order chi connectivity index (χ0) is 12.7. The largest absolute Gasteiger partial charge is 0.452 e. The van der Waals surface area contributed by atoms with Gasteiger partial charge in [0.1, 0.15) is 0 Å². The van der Waals surface area contributed by atoms with Crippen LogP contribution in [0.1, 0.15) is 12.5 Å². The molecule has 0 aliphatic carbocycles. The smallest absolute Gasteiger partial charge is 0.413 e. The number of carbonyl (C=O) groups is 1. The number of ether oxygens (including phenoxy) is 1. The van der Waals surface area contributed by atoms with E-state index in [0.29, 0.717) is 6.54 Å². The summed E-state index contributed by atoms with van der Waals surface area (Å²) in [5, 5.41) is 0. The topological polar surface area (TPSA) is 29.5 Å². The minimum atomic E-state index is -0.383. The Bertz CT molecular complexity index is 409. The summed E-state index contributed by atoms with van der Waals surface area (Å²) in [4.78, 5) is 13.1. The standard InChI is InChI=1S/C14H17NO2/c1-12(2)9-10-15(14(16)17-3)11-13-7-5-4-6-8-13/h4-10H,1,11H2,2-3H3/b10-9+. The Kier molecular flexibility index (Phi) is 5.01. The first-order chi connectivity index (χ1) is 8.13. The predicted octanol–water partition coefficient (Wildman–Crippen LogP) is 3.34. The second kappa shape index (κ2) is 6.53. The summed E-state index contributed by atoms with van der Waals surface area (Å²) in [5.74, 6) is 0. The molecule has 1 aromatic carbocycles. The third-order valence-corrected chi connectivity index (χ3v) is 2.14. The van der Waals surface area contributed by atoms with Crippen molar-refractivity contribution in [2.45, 2.75) is 13.5 Å². The Morgan fingerprint density at radius 2 is 2.06 bits per heavy atom. The average molecular weight is 231 g/mol. The van der Waals surface area contributed by atoms with Gasteiger partial charge in [-0.2, -0.15) is 0 Å². The monoisotopic (exact) mass is 231 g/mol. The maximum atomic E-state index is 11.6. The highest BCUT2D eigenvalue weighted by Gasteiger charge is 2.10. The fourth-order valence-electron chi connectivity index (χ4n) is 1.29. The third kappa shape index (κ3) is 4.55. The molecule has 0 N–H and O–H groups in total. The summed E-state index contributed by atoms with van der Waals surface area (Å²) < 4.78 is 4.72. The van der Waals surface area contributed by atoms with Gasteiger partial charge in [0.25, 0.3) is 0 Å². The summed E-state index contributed by atoms with van der Waals surface area (Å²) in [5.41, 5.74) is 1.93. The molecule has 0 saturated carbocycles. The van der Waals surface area contributed by atoms with Gasteiger partial charge in [0, 0.05) is 6.20 Å². The molecular weight excluding hydrogens is 214 g/mol. The van der Waals surface area contributed by atoms with Crippen molar-refractivity contribution in [2.75, 3.05) is 7.11 Å². The van der Waals surface area contributed by atoms with E-state index in [0.717, 1.165) is 11.1 Å². The van der Waals surface area contributed by atoms with Crippen LogP contribution in [0.3, 0.4) is 0 Å². The lowest BCUT2D eigenvalue weighted by molar-refractivity contribution is 0.138. The summed E-state index contributed by atoms with van der Waals surface area (Å²) in [6.07, 6.45) is 3.08. The van der Waals surface area contributed by atoms with E-state index in [-0.39, 0.29) is 6.09 Å². The van der Waals surface area contributed by atoms with Crippen molar-refractivity contribution in [3.63, 3.8) is 0 Å². The quantitative estimate of drug-likeness (QED) is 0.744. The number of amides is 1. The molecule has 1 rings (SSSR count). The molecule has 3 heteroatoms. The maximum Gasteiger partial charge on any atom is 0.413 e. The number of carbonyl (C=O) groups excluding carboxylic acids is 1. The van der Waals surface area contributed by atoms with E-state index in [4.69, 9.17) is 4.74 Å². The highest BCUT2D eigenvalue weighted by Crippen LogP contribution is 2.07. The first-order valence-electron chi connectivity index (χ1n) is 5.35. The Morgan fingerprint density at radius 1 is 1.41 bits per heavy atom. The van der Waals surface area contributed by atoms with E-state index in [1.54, 1.807) is 12.3 Å². The van der Waals surface area contributed by atoms with Crippen LogP contribution in [-0.2, 0) is 11.3 Å². The Balaban J connectivity index is 2.77. The van der Waals surface area contributed by atoms with Crippen LogP contribution in [0.4, 0.5) is 4.79 Å². The van der Waals surface area contributed by atoms with E-state index in [9.17, 15) is 4.79 Å². The van der Waals surface area contributed by atoms with Crippen LogP contribution in [0.2, 0.25) is 0 Å². The van der Waals surface area contributed by atoms with Gasteiger partial charge in [-0.25, -0.2) is 4.79 Å². The Morgan fingerprint density at radius 3 is 2.59 bits per heavy atom. The van der Waals surface area contributed by atoms with E-state index in [2.05, 4.69) is 6.58 Å². The molecule has 0 bridgehead atoms. The lowest BCUT2D eigenvalue weighted by atomic mass is 10.2. The van der Waals surface area contributed by atoms with Gasteiger partial charge in [-0.3, -0.25) is 4.90 Å². The van der Waals surface area contributed by atoms with Crippen LogP contribution in [0.15, 0.2) is 54.8 Å². The van der Waals surface area contributed by atoms with Gasteiger partial charge >= 0.3 is 6.09 Å². The maximum absolute atomic E-state index is 11.6. The van der Waals surface area contributed by atoms with Gasteiger partial charge in [-0.05, 0) is 18.6 Å². The van der Waals surface area contributed by atoms with Gasteiger partial charge in [0.2, 0.25) is 0 Å².